The number of likely N-dealkylation sites (tertiary alicyclic amines) is 2. The number of carbonyl (C=O) groups is 4. The van der Waals surface area contributed by atoms with Crippen molar-refractivity contribution in [1.29, 1.82) is 0 Å². The Morgan fingerprint density at radius 1 is 0.750 bits per heavy atom. The summed E-state index contributed by atoms with van der Waals surface area (Å²) in [6, 6.07) is 15.5. The first kappa shape index (κ1) is 38.8. The molecule has 14 heteroatoms. The van der Waals surface area contributed by atoms with Crippen LogP contribution in [0, 0.1) is 11.8 Å². The average Bonchev–Trinajstić information content (AvgIpc) is 4.03. The van der Waals surface area contributed by atoms with E-state index in [-0.39, 0.29) is 41.9 Å². The molecule has 14 nitrogen and oxygen atoms in total. The molecule has 4 aromatic rings. The van der Waals surface area contributed by atoms with Crippen LogP contribution in [0.25, 0.3) is 32.8 Å². The second-order valence-electron chi connectivity index (χ2n) is 15.7. The van der Waals surface area contributed by atoms with Gasteiger partial charge in [-0.3, -0.25) is 19.9 Å². The van der Waals surface area contributed by atoms with Gasteiger partial charge in [-0.05, 0) is 88.9 Å². The van der Waals surface area contributed by atoms with Gasteiger partial charge in [0.15, 0.2) is 0 Å². The van der Waals surface area contributed by atoms with E-state index in [0.29, 0.717) is 19.6 Å². The highest BCUT2D eigenvalue weighted by Gasteiger charge is 2.41. The second-order valence-corrected chi connectivity index (χ2v) is 15.7. The first-order valence-electron chi connectivity index (χ1n) is 19.6. The largest absolute Gasteiger partial charge is 0.453 e. The molecule has 4 amide bonds. The Morgan fingerprint density at radius 3 is 1.95 bits per heavy atom. The van der Waals surface area contributed by atoms with E-state index in [4.69, 9.17) is 19.5 Å². The molecule has 4 heterocycles. The third kappa shape index (κ3) is 7.79. The number of hydrogen-bond donors (Lipinski definition) is 4. The second kappa shape index (κ2) is 16.3. The highest BCUT2D eigenvalue weighted by atomic mass is 16.5. The van der Waals surface area contributed by atoms with Crippen molar-refractivity contribution in [2.45, 2.75) is 83.7 Å². The minimum atomic E-state index is -0.689. The van der Waals surface area contributed by atoms with Gasteiger partial charge in [-0.1, -0.05) is 52.0 Å². The molecular weight excluding hydrogens is 713 g/mol. The van der Waals surface area contributed by atoms with Gasteiger partial charge in [-0.15, -0.1) is 0 Å². The van der Waals surface area contributed by atoms with Crippen molar-refractivity contribution < 1.29 is 28.7 Å². The third-order valence-electron chi connectivity index (χ3n) is 11.4. The molecule has 3 aromatic carbocycles. The minimum Gasteiger partial charge on any atom is -0.453 e. The van der Waals surface area contributed by atoms with E-state index in [0.717, 1.165) is 75.6 Å². The number of rotatable bonds is 10. The average molecular weight is 765 g/mol. The van der Waals surface area contributed by atoms with Crippen LogP contribution in [0.15, 0.2) is 59.7 Å². The van der Waals surface area contributed by atoms with Gasteiger partial charge >= 0.3 is 12.2 Å². The summed E-state index contributed by atoms with van der Waals surface area (Å²) < 4.78 is 9.55. The summed E-state index contributed by atoms with van der Waals surface area (Å²) in [5.74, 6) is 0.288. The molecule has 0 saturated carbocycles. The summed E-state index contributed by atoms with van der Waals surface area (Å²) in [7, 11) is 2.59. The molecule has 0 bridgehead atoms. The van der Waals surface area contributed by atoms with Crippen molar-refractivity contribution in [3.05, 3.63) is 66.1 Å². The number of carbonyl (C=O) groups excluding carboxylic acids is 4. The number of amides is 4. The van der Waals surface area contributed by atoms with Crippen LogP contribution in [0.3, 0.4) is 0 Å². The van der Waals surface area contributed by atoms with E-state index >= 15 is 0 Å². The number of aromatic amines is 1. The van der Waals surface area contributed by atoms with Crippen molar-refractivity contribution >= 4 is 51.3 Å². The molecule has 5 atom stereocenters. The Kier molecular flexibility index (Phi) is 11.3. The summed E-state index contributed by atoms with van der Waals surface area (Å²) in [6.45, 7) is 9.46. The van der Waals surface area contributed by atoms with Crippen molar-refractivity contribution in [3.8, 4) is 11.3 Å². The first-order chi connectivity index (χ1) is 26.9. The number of aliphatic imine (C=N–C) groups is 1. The zero-order valence-corrected chi connectivity index (χ0v) is 32.9. The number of ether oxygens (including phenoxy) is 2. The number of benzene rings is 3. The first-order valence-corrected chi connectivity index (χ1v) is 19.6. The van der Waals surface area contributed by atoms with Crippen LogP contribution in [-0.2, 0) is 19.1 Å². The quantitative estimate of drug-likeness (QED) is 0.153. The zero-order chi connectivity index (χ0) is 39.7. The van der Waals surface area contributed by atoms with Crippen LogP contribution in [0.4, 0.5) is 9.59 Å². The topological polar surface area (TPSA) is 170 Å². The predicted molar refractivity (Wildman–Crippen MR) is 214 cm³/mol. The Balaban J connectivity index is 1.07. The van der Waals surface area contributed by atoms with Crippen LogP contribution in [-0.4, -0.2) is 108 Å². The molecule has 4 N–H and O–H groups in total. The smallest absolute Gasteiger partial charge is 0.407 e. The number of hydrogen-bond acceptors (Lipinski definition) is 9. The summed E-state index contributed by atoms with van der Waals surface area (Å²) in [6.07, 6.45) is 3.71. The summed E-state index contributed by atoms with van der Waals surface area (Å²) in [4.78, 5) is 68.2. The van der Waals surface area contributed by atoms with E-state index in [1.807, 2.05) is 43.7 Å². The van der Waals surface area contributed by atoms with Crippen LogP contribution in [0.2, 0.25) is 0 Å². The Labute approximate surface area is 326 Å². The molecule has 0 aliphatic carbocycles. The van der Waals surface area contributed by atoms with Crippen molar-refractivity contribution in [2.24, 2.45) is 16.8 Å². The number of nitrogens with zero attached hydrogens (tertiary/aromatic N) is 4. The molecule has 56 heavy (non-hydrogen) atoms. The lowest BCUT2D eigenvalue weighted by molar-refractivity contribution is -0.136. The van der Waals surface area contributed by atoms with Gasteiger partial charge in [0.05, 0.1) is 43.9 Å². The van der Waals surface area contributed by atoms with Crippen LogP contribution < -0.4 is 16.0 Å². The number of methoxy groups -OCH3 is 2. The number of alkyl carbamates (subject to hydrolysis) is 2. The lowest BCUT2D eigenvalue weighted by atomic mass is 9.98. The number of H-pyrrole nitrogens is 1. The number of fused-ring (bicyclic) bond motifs is 2. The lowest BCUT2D eigenvalue weighted by Gasteiger charge is -2.32. The molecule has 3 aliphatic heterocycles. The molecule has 2 saturated heterocycles. The maximum Gasteiger partial charge on any atom is 0.407 e. The van der Waals surface area contributed by atoms with E-state index in [1.165, 1.54) is 14.2 Å². The van der Waals surface area contributed by atoms with E-state index in [1.54, 1.807) is 0 Å². The van der Waals surface area contributed by atoms with Crippen LogP contribution in [0.1, 0.15) is 70.8 Å². The standard InChI is InChI=1S/C42H52N8O6/c1-23(2)35(47-41(53)55-5)39(51)49-15-7-9-33(49)37-43-21-31(45-37)27-13-11-25-18-30-20-28(14-12-26(30)17-29(25)19-27)32-22-44-38(46-32)34-10-8-16-50(34)40(52)36(24(3)4)48-42(54)56-6/h11-14,17-21,23-24,33-36,38,44H,7-10,15-16,22H2,1-6H3,(H,43,45)(H,47,53)(H,48,54). The summed E-state index contributed by atoms with van der Waals surface area (Å²) in [5, 5.41) is 13.4. The molecule has 1 aromatic heterocycles. The van der Waals surface area contributed by atoms with Crippen LogP contribution >= 0.6 is 0 Å². The van der Waals surface area contributed by atoms with E-state index in [9.17, 15) is 19.2 Å². The highest BCUT2D eigenvalue weighted by molar-refractivity contribution is 6.07. The normalized spacial score (nSPS) is 20.8. The Bertz CT molecular complexity index is 2160. The molecule has 0 spiro atoms. The molecule has 2 fully saturated rings. The van der Waals surface area contributed by atoms with Gasteiger partial charge in [0.1, 0.15) is 24.1 Å². The van der Waals surface area contributed by atoms with E-state index < -0.39 is 24.3 Å². The van der Waals surface area contributed by atoms with E-state index in [2.05, 4.69) is 69.5 Å². The van der Waals surface area contributed by atoms with Crippen molar-refractivity contribution in [1.82, 2.24) is 35.7 Å². The SMILES string of the molecule is COC(=O)NC(C(=O)N1CCCC1c1ncc(-c2ccc3cc4cc(C5=NC(C6CCCN6C(=O)C(NC(=O)OC)C(C)C)NC5)ccc4cc3c2)[nH]1)C(C)C. The van der Waals surface area contributed by atoms with Crippen LogP contribution in [0.5, 0.6) is 0 Å². The molecule has 5 unspecified atom stereocenters. The summed E-state index contributed by atoms with van der Waals surface area (Å²) in [5.41, 5.74) is 3.86. The number of imidazole rings is 1. The fraction of sp³-hybridized carbons (Fsp3) is 0.476. The van der Waals surface area contributed by atoms with Gasteiger partial charge in [0, 0.05) is 25.2 Å². The molecule has 7 rings (SSSR count). The van der Waals surface area contributed by atoms with Gasteiger partial charge in [0.2, 0.25) is 11.8 Å². The third-order valence-corrected chi connectivity index (χ3v) is 11.4. The van der Waals surface area contributed by atoms with Gasteiger partial charge in [0.25, 0.3) is 0 Å². The molecular formula is C42H52N8O6. The fourth-order valence-electron chi connectivity index (χ4n) is 8.32. The minimum absolute atomic E-state index is 0.0912. The molecule has 0 radical (unpaired) electrons. The fourth-order valence-corrected chi connectivity index (χ4v) is 8.32. The molecule has 296 valence electrons. The zero-order valence-electron chi connectivity index (χ0n) is 32.9. The Hall–Kier alpha value is -5.50. The lowest BCUT2D eigenvalue weighted by Crippen LogP contribution is -2.55. The van der Waals surface area contributed by atoms with Gasteiger partial charge in [-0.2, -0.15) is 0 Å². The highest BCUT2D eigenvalue weighted by Crippen LogP contribution is 2.34. The van der Waals surface area contributed by atoms with Crippen molar-refractivity contribution in [2.75, 3.05) is 33.9 Å². The number of aromatic nitrogens is 2. The summed E-state index contributed by atoms with van der Waals surface area (Å²) >= 11 is 0. The maximum atomic E-state index is 13.6. The Morgan fingerprint density at radius 2 is 1.32 bits per heavy atom. The molecule has 3 aliphatic rings. The van der Waals surface area contributed by atoms with Gasteiger partial charge in [-0.25, -0.2) is 14.6 Å². The maximum absolute atomic E-state index is 13.6. The predicted octanol–water partition coefficient (Wildman–Crippen LogP) is 5.52. The number of nitrogens with one attached hydrogen (secondary N) is 4. The van der Waals surface area contributed by atoms with Crippen molar-refractivity contribution in [3.63, 3.8) is 0 Å². The van der Waals surface area contributed by atoms with Gasteiger partial charge < -0.3 is 34.9 Å². The monoisotopic (exact) mass is 764 g/mol.